The monoisotopic (exact) mass is 357 g/mol. The Morgan fingerprint density at radius 2 is 2.00 bits per heavy atom. The largest absolute Gasteiger partial charge is 0.361 e. The van der Waals surface area contributed by atoms with Crippen LogP contribution in [0.2, 0.25) is 0 Å². The van der Waals surface area contributed by atoms with Crippen LogP contribution in [0.4, 0.5) is 20.2 Å². The summed E-state index contributed by atoms with van der Waals surface area (Å²) in [4.78, 5) is 15.1. The standard InChI is InChI=1S/C18H13F2N3O3/c19-17(20)13-3-1-2-4-16(13)22-7-8-26-18(17,22)14-10-21-15-6-5-11(23(24)25)9-12(14)15/h1-6,9-10,21H,7-8H2. The Kier molecular flexibility index (Phi) is 2.81. The second-order valence-corrected chi connectivity index (χ2v) is 6.43. The van der Waals surface area contributed by atoms with Gasteiger partial charge in [0.1, 0.15) is 0 Å². The van der Waals surface area contributed by atoms with E-state index in [1.165, 1.54) is 30.5 Å². The maximum atomic E-state index is 15.6. The quantitative estimate of drug-likeness (QED) is 0.558. The molecule has 1 fully saturated rings. The van der Waals surface area contributed by atoms with E-state index in [9.17, 15) is 10.1 Å². The number of hydrogen-bond donors (Lipinski definition) is 1. The van der Waals surface area contributed by atoms with Gasteiger partial charge < -0.3 is 14.6 Å². The molecule has 26 heavy (non-hydrogen) atoms. The van der Waals surface area contributed by atoms with E-state index in [4.69, 9.17) is 4.74 Å². The van der Waals surface area contributed by atoms with Gasteiger partial charge in [-0.3, -0.25) is 10.1 Å². The zero-order chi connectivity index (χ0) is 18.1. The van der Waals surface area contributed by atoms with E-state index in [0.717, 1.165) is 0 Å². The summed E-state index contributed by atoms with van der Waals surface area (Å²) in [6.45, 7) is 0.458. The number of H-pyrrole nitrogens is 1. The molecule has 1 saturated heterocycles. The third-order valence-corrected chi connectivity index (χ3v) is 5.21. The van der Waals surface area contributed by atoms with Crippen LogP contribution in [0.1, 0.15) is 11.1 Å². The molecule has 0 radical (unpaired) electrons. The molecule has 3 heterocycles. The summed E-state index contributed by atoms with van der Waals surface area (Å²) in [5, 5.41) is 11.5. The third kappa shape index (κ3) is 1.62. The van der Waals surface area contributed by atoms with Gasteiger partial charge in [-0.05, 0) is 12.1 Å². The molecule has 132 valence electrons. The van der Waals surface area contributed by atoms with E-state index in [1.807, 2.05) is 0 Å². The summed E-state index contributed by atoms with van der Waals surface area (Å²) >= 11 is 0. The summed E-state index contributed by atoms with van der Waals surface area (Å²) in [5.41, 5.74) is -1.09. The Morgan fingerprint density at radius 1 is 1.19 bits per heavy atom. The van der Waals surface area contributed by atoms with E-state index >= 15 is 8.78 Å². The van der Waals surface area contributed by atoms with Crippen molar-refractivity contribution >= 4 is 22.3 Å². The van der Waals surface area contributed by atoms with Crippen molar-refractivity contribution in [1.82, 2.24) is 4.98 Å². The number of halogens is 2. The zero-order valence-corrected chi connectivity index (χ0v) is 13.4. The lowest BCUT2D eigenvalue weighted by Gasteiger charge is -2.36. The Bertz CT molecular complexity index is 1060. The van der Waals surface area contributed by atoms with Crippen LogP contribution in [0.25, 0.3) is 10.9 Å². The number of nitro benzene ring substituents is 1. The topological polar surface area (TPSA) is 71.4 Å². The number of para-hydroxylation sites is 1. The number of nitrogens with one attached hydrogen (secondary N) is 1. The van der Waals surface area contributed by atoms with Crippen molar-refractivity contribution in [2.24, 2.45) is 0 Å². The van der Waals surface area contributed by atoms with E-state index < -0.39 is 16.6 Å². The first-order valence-electron chi connectivity index (χ1n) is 8.12. The second kappa shape index (κ2) is 4.79. The van der Waals surface area contributed by atoms with Gasteiger partial charge in [0, 0.05) is 52.6 Å². The average molecular weight is 357 g/mol. The molecule has 0 amide bonds. The predicted molar refractivity (Wildman–Crippen MR) is 90.3 cm³/mol. The number of rotatable bonds is 2. The lowest BCUT2D eigenvalue weighted by molar-refractivity contribution is -0.384. The summed E-state index contributed by atoms with van der Waals surface area (Å²) < 4.78 is 36.9. The van der Waals surface area contributed by atoms with Crippen molar-refractivity contribution in [2.75, 3.05) is 18.1 Å². The number of benzene rings is 2. The van der Waals surface area contributed by atoms with Gasteiger partial charge in [-0.25, -0.2) is 0 Å². The molecule has 0 spiro atoms. The van der Waals surface area contributed by atoms with Crippen molar-refractivity contribution in [3.8, 4) is 0 Å². The minimum absolute atomic E-state index is 0.0977. The van der Waals surface area contributed by atoms with E-state index in [0.29, 0.717) is 23.1 Å². The van der Waals surface area contributed by atoms with Crippen molar-refractivity contribution in [1.29, 1.82) is 0 Å². The number of nitrogens with zero attached hydrogens (tertiary/aromatic N) is 2. The van der Waals surface area contributed by atoms with Gasteiger partial charge >= 0.3 is 5.92 Å². The predicted octanol–water partition coefficient (Wildman–Crippen LogP) is 3.87. The van der Waals surface area contributed by atoms with Gasteiger partial charge in [-0.15, -0.1) is 0 Å². The molecule has 2 aliphatic rings. The van der Waals surface area contributed by atoms with E-state index in [2.05, 4.69) is 4.98 Å². The molecule has 6 nitrogen and oxygen atoms in total. The van der Waals surface area contributed by atoms with Crippen LogP contribution in [0.5, 0.6) is 0 Å². The Hall–Kier alpha value is -3.00. The zero-order valence-electron chi connectivity index (χ0n) is 13.4. The van der Waals surface area contributed by atoms with Gasteiger partial charge in [-0.2, -0.15) is 8.78 Å². The number of aromatic nitrogens is 1. The smallest absolute Gasteiger partial charge is 0.326 e. The van der Waals surface area contributed by atoms with Crippen LogP contribution >= 0.6 is 0 Å². The van der Waals surface area contributed by atoms with Crippen LogP contribution in [0.15, 0.2) is 48.7 Å². The molecule has 2 aromatic carbocycles. The molecule has 0 aliphatic carbocycles. The average Bonchev–Trinajstić information content (AvgIpc) is 3.29. The Morgan fingerprint density at radius 3 is 2.81 bits per heavy atom. The number of anilines is 1. The fourth-order valence-corrected chi connectivity index (χ4v) is 4.12. The highest BCUT2D eigenvalue weighted by Crippen LogP contribution is 2.62. The van der Waals surface area contributed by atoms with Gasteiger partial charge in [0.2, 0.25) is 5.72 Å². The molecule has 0 bridgehead atoms. The molecular formula is C18H13F2N3O3. The lowest BCUT2D eigenvalue weighted by Crippen LogP contribution is -2.48. The normalized spacial score (nSPS) is 23.2. The lowest BCUT2D eigenvalue weighted by atomic mass is 9.93. The molecule has 1 unspecified atom stereocenters. The first-order valence-corrected chi connectivity index (χ1v) is 8.12. The maximum absolute atomic E-state index is 15.6. The van der Waals surface area contributed by atoms with Crippen LogP contribution in [-0.4, -0.2) is 23.1 Å². The Labute approximate surface area is 146 Å². The van der Waals surface area contributed by atoms with E-state index in [1.54, 1.807) is 23.1 Å². The van der Waals surface area contributed by atoms with Crippen LogP contribution < -0.4 is 4.90 Å². The number of ether oxygens (including phenoxy) is 1. The minimum atomic E-state index is -3.31. The number of alkyl halides is 2. The fourth-order valence-electron chi connectivity index (χ4n) is 4.12. The number of non-ortho nitro benzene ring substituents is 1. The fraction of sp³-hybridized carbons (Fsp3) is 0.222. The summed E-state index contributed by atoms with van der Waals surface area (Å²) in [7, 11) is 0. The number of hydrogen-bond acceptors (Lipinski definition) is 4. The van der Waals surface area contributed by atoms with E-state index in [-0.39, 0.29) is 23.4 Å². The van der Waals surface area contributed by atoms with Gasteiger partial charge in [0.15, 0.2) is 0 Å². The highest BCUT2D eigenvalue weighted by Gasteiger charge is 2.69. The molecular weight excluding hydrogens is 344 g/mol. The molecule has 5 rings (SSSR count). The molecule has 8 heteroatoms. The summed E-state index contributed by atoms with van der Waals surface area (Å²) in [6, 6.07) is 10.5. The SMILES string of the molecule is O=[N+]([O-])c1ccc2[nH]cc(C34OCCN3c3ccccc3C4(F)F)c2c1. The van der Waals surface area contributed by atoms with Crippen LogP contribution in [0, 0.1) is 10.1 Å². The summed E-state index contributed by atoms with van der Waals surface area (Å²) in [6.07, 6.45) is 1.46. The first-order chi connectivity index (χ1) is 12.5. The first kappa shape index (κ1) is 15.3. The molecule has 0 saturated carbocycles. The van der Waals surface area contributed by atoms with Gasteiger partial charge in [0.05, 0.1) is 11.5 Å². The second-order valence-electron chi connectivity index (χ2n) is 6.43. The third-order valence-electron chi connectivity index (χ3n) is 5.21. The molecule has 1 N–H and O–H groups in total. The van der Waals surface area contributed by atoms with Crippen LogP contribution in [0.3, 0.4) is 0 Å². The van der Waals surface area contributed by atoms with Crippen molar-refractivity contribution < 1.29 is 18.4 Å². The molecule has 1 atom stereocenters. The summed E-state index contributed by atoms with van der Waals surface area (Å²) in [5.74, 6) is -3.31. The molecule has 2 aliphatic heterocycles. The molecule has 1 aromatic heterocycles. The highest BCUT2D eigenvalue weighted by atomic mass is 19.3. The molecule has 3 aromatic rings. The maximum Gasteiger partial charge on any atom is 0.326 e. The minimum Gasteiger partial charge on any atom is -0.361 e. The van der Waals surface area contributed by atoms with Crippen molar-refractivity contribution in [3.05, 3.63) is 69.9 Å². The highest BCUT2D eigenvalue weighted by molar-refractivity contribution is 5.88. The number of nitro groups is 1. The van der Waals surface area contributed by atoms with Crippen molar-refractivity contribution in [2.45, 2.75) is 11.6 Å². The number of fused-ring (bicyclic) bond motifs is 4. The van der Waals surface area contributed by atoms with Crippen molar-refractivity contribution in [3.63, 3.8) is 0 Å². The van der Waals surface area contributed by atoms with Gasteiger partial charge in [0.25, 0.3) is 5.69 Å². The van der Waals surface area contributed by atoms with Crippen LogP contribution in [-0.2, 0) is 16.4 Å². The van der Waals surface area contributed by atoms with Gasteiger partial charge in [-0.1, -0.05) is 18.2 Å². The Balaban J connectivity index is 1.81. The number of aromatic amines is 1.